The number of carbonyl (C=O) groups excluding carboxylic acids is 1. The van der Waals surface area contributed by atoms with Crippen LogP contribution < -0.4 is 10.6 Å². The number of carbonyl (C=O) groups is 1. The molecule has 3 aromatic rings. The van der Waals surface area contributed by atoms with Crippen molar-refractivity contribution in [1.29, 1.82) is 0 Å². The van der Waals surface area contributed by atoms with Crippen LogP contribution in [0.3, 0.4) is 0 Å². The van der Waals surface area contributed by atoms with Gasteiger partial charge in [-0.2, -0.15) is 11.8 Å². The van der Waals surface area contributed by atoms with Gasteiger partial charge in [-0.15, -0.1) is 0 Å². The Morgan fingerprint density at radius 3 is 2.77 bits per heavy atom. The third kappa shape index (κ3) is 3.94. The zero-order chi connectivity index (χ0) is 17.8. The summed E-state index contributed by atoms with van der Waals surface area (Å²) in [5, 5.41) is 7.64. The maximum Gasteiger partial charge on any atom is 0.222 e. The number of hydrogen-bond acceptors (Lipinski definition) is 4. The molecule has 2 atom stereocenters. The van der Waals surface area contributed by atoms with E-state index in [4.69, 9.17) is 4.42 Å². The van der Waals surface area contributed by atoms with E-state index >= 15 is 0 Å². The molecule has 1 aromatic heterocycles. The highest BCUT2D eigenvalue weighted by Gasteiger charge is 2.23. The minimum atomic E-state index is -0.285. The van der Waals surface area contributed by atoms with Crippen molar-refractivity contribution in [1.82, 2.24) is 10.6 Å². The van der Waals surface area contributed by atoms with E-state index in [1.807, 2.05) is 72.4 Å². The summed E-state index contributed by atoms with van der Waals surface area (Å²) in [6.07, 6.45) is 0.483. The van der Waals surface area contributed by atoms with Gasteiger partial charge in [0, 0.05) is 35.9 Å². The number of nitrogens with one attached hydrogen (secondary N) is 2. The number of furan rings is 1. The zero-order valence-electron chi connectivity index (χ0n) is 14.5. The Hall–Kier alpha value is -2.24. The van der Waals surface area contributed by atoms with E-state index in [1.54, 1.807) is 0 Å². The number of amides is 1. The first-order chi connectivity index (χ1) is 12.8. The van der Waals surface area contributed by atoms with E-state index in [1.165, 1.54) is 0 Å². The van der Waals surface area contributed by atoms with Gasteiger partial charge < -0.3 is 15.1 Å². The Morgan fingerprint density at radius 1 is 1.19 bits per heavy atom. The topological polar surface area (TPSA) is 54.3 Å². The van der Waals surface area contributed by atoms with Crippen LogP contribution in [-0.2, 0) is 4.79 Å². The lowest BCUT2D eigenvalue weighted by molar-refractivity contribution is -0.122. The molecule has 26 heavy (non-hydrogen) atoms. The van der Waals surface area contributed by atoms with Crippen molar-refractivity contribution in [3.63, 3.8) is 0 Å². The van der Waals surface area contributed by atoms with Crippen LogP contribution in [0.5, 0.6) is 0 Å². The molecule has 0 radical (unpaired) electrons. The number of para-hydroxylation sites is 1. The molecule has 2 heterocycles. The van der Waals surface area contributed by atoms with Gasteiger partial charge in [0.25, 0.3) is 0 Å². The summed E-state index contributed by atoms with van der Waals surface area (Å²) in [6, 6.07) is 19.9. The first-order valence-electron chi connectivity index (χ1n) is 8.93. The molecule has 4 nitrogen and oxygen atoms in total. The Kier molecular flexibility index (Phi) is 5.27. The quantitative estimate of drug-likeness (QED) is 0.722. The average molecular weight is 366 g/mol. The highest BCUT2D eigenvalue weighted by molar-refractivity contribution is 7.99. The van der Waals surface area contributed by atoms with Gasteiger partial charge in [-0.05, 0) is 17.7 Å². The molecule has 2 unspecified atom stereocenters. The lowest BCUT2D eigenvalue weighted by Crippen LogP contribution is -2.42. The number of rotatable bonds is 5. The van der Waals surface area contributed by atoms with Gasteiger partial charge in [-0.3, -0.25) is 4.79 Å². The van der Waals surface area contributed by atoms with Crippen LogP contribution >= 0.6 is 11.8 Å². The summed E-state index contributed by atoms with van der Waals surface area (Å²) < 4.78 is 6.04. The van der Waals surface area contributed by atoms with Crippen molar-refractivity contribution < 1.29 is 9.21 Å². The molecule has 1 amide bonds. The van der Waals surface area contributed by atoms with Gasteiger partial charge in [-0.1, -0.05) is 48.5 Å². The molecule has 1 aliphatic heterocycles. The van der Waals surface area contributed by atoms with E-state index < -0.39 is 0 Å². The van der Waals surface area contributed by atoms with Crippen LogP contribution in [0.4, 0.5) is 0 Å². The van der Waals surface area contributed by atoms with Gasteiger partial charge in [0.05, 0.1) is 0 Å². The SMILES string of the molecule is O=C(CC1CSCCN1)NC(c1ccccc1)c1cc2ccccc2o1. The van der Waals surface area contributed by atoms with Crippen LogP contribution in [0, 0.1) is 0 Å². The molecule has 0 bridgehead atoms. The lowest BCUT2D eigenvalue weighted by Gasteiger charge is -2.24. The van der Waals surface area contributed by atoms with E-state index in [9.17, 15) is 4.79 Å². The maximum absolute atomic E-state index is 12.7. The summed E-state index contributed by atoms with van der Waals surface area (Å²) >= 11 is 1.90. The van der Waals surface area contributed by atoms with Gasteiger partial charge in [0.1, 0.15) is 17.4 Å². The average Bonchev–Trinajstić information content (AvgIpc) is 3.11. The molecule has 134 valence electrons. The normalized spacial score (nSPS) is 18.5. The van der Waals surface area contributed by atoms with E-state index in [0.717, 1.165) is 40.3 Å². The molecule has 5 heteroatoms. The minimum Gasteiger partial charge on any atom is -0.459 e. The number of fused-ring (bicyclic) bond motifs is 1. The highest BCUT2D eigenvalue weighted by Crippen LogP contribution is 2.28. The van der Waals surface area contributed by atoms with Crippen LogP contribution in [-0.4, -0.2) is 30.0 Å². The third-order valence-electron chi connectivity index (χ3n) is 4.60. The maximum atomic E-state index is 12.7. The van der Waals surface area contributed by atoms with Crippen molar-refractivity contribution in [3.05, 3.63) is 72.0 Å². The highest BCUT2D eigenvalue weighted by atomic mass is 32.2. The first-order valence-corrected chi connectivity index (χ1v) is 10.1. The summed E-state index contributed by atoms with van der Waals surface area (Å²) in [7, 11) is 0. The molecular formula is C21H22N2O2S. The molecule has 2 aromatic carbocycles. The number of benzene rings is 2. The second kappa shape index (κ2) is 7.98. The van der Waals surface area contributed by atoms with Gasteiger partial charge >= 0.3 is 0 Å². The van der Waals surface area contributed by atoms with Crippen LogP contribution in [0.15, 0.2) is 65.1 Å². The van der Waals surface area contributed by atoms with Crippen molar-refractivity contribution in [2.45, 2.75) is 18.5 Å². The largest absolute Gasteiger partial charge is 0.459 e. The summed E-state index contributed by atoms with van der Waals surface area (Å²) in [5.74, 6) is 2.90. The minimum absolute atomic E-state index is 0.0410. The monoisotopic (exact) mass is 366 g/mol. The molecule has 0 aliphatic carbocycles. The van der Waals surface area contributed by atoms with Crippen molar-refractivity contribution >= 4 is 28.6 Å². The molecule has 1 aliphatic rings. The fourth-order valence-corrected chi connectivity index (χ4v) is 4.25. The van der Waals surface area contributed by atoms with Gasteiger partial charge in [0.2, 0.25) is 5.91 Å². The number of thioether (sulfide) groups is 1. The molecular weight excluding hydrogens is 344 g/mol. The van der Waals surface area contributed by atoms with Crippen molar-refractivity contribution in [2.24, 2.45) is 0 Å². The molecule has 1 fully saturated rings. The predicted molar refractivity (Wildman–Crippen MR) is 106 cm³/mol. The predicted octanol–water partition coefficient (Wildman–Crippen LogP) is 3.73. The van der Waals surface area contributed by atoms with Crippen LogP contribution in [0.25, 0.3) is 11.0 Å². The van der Waals surface area contributed by atoms with Crippen LogP contribution in [0.1, 0.15) is 23.8 Å². The van der Waals surface area contributed by atoms with Crippen LogP contribution in [0.2, 0.25) is 0 Å². The molecule has 2 N–H and O–H groups in total. The van der Waals surface area contributed by atoms with Gasteiger partial charge in [0.15, 0.2) is 0 Å². The molecule has 4 rings (SSSR count). The Bertz CT molecular complexity index is 839. The second-order valence-electron chi connectivity index (χ2n) is 6.53. The second-order valence-corrected chi connectivity index (χ2v) is 7.68. The molecule has 0 saturated carbocycles. The van der Waals surface area contributed by atoms with E-state index in [-0.39, 0.29) is 18.0 Å². The van der Waals surface area contributed by atoms with E-state index in [0.29, 0.717) is 6.42 Å². The fraction of sp³-hybridized carbons (Fsp3) is 0.286. The molecule has 1 saturated heterocycles. The van der Waals surface area contributed by atoms with Gasteiger partial charge in [-0.25, -0.2) is 0 Å². The summed E-state index contributed by atoms with van der Waals surface area (Å²) in [6.45, 7) is 0.967. The van der Waals surface area contributed by atoms with E-state index in [2.05, 4.69) is 10.6 Å². The third-order valence-corrected chi connectivity index (χ3v) is 5.73. The molecule has 0 spiro atoms. The van der Waals surface area contributed by atoms with Crippen molar-refractivity contribution in [3.8, 4) is 0 Å². The zero-order valence-corrected chi connectivity index (χ0v) is 15.3. The lowest BCUT2D eigenvalue weighted by atomic mass is 10.0. The Morgan fingerprint density at radius 2 is 2.00 bits per heavy atom. The summed E-state index contributed by atoms with van der Waals surface area (Å²) in [4.78, 5) is 12.7. The standard InChI is InChI=1S/C21H22N2O2S/c24-20(13-17-14-26-11-10-22-17)23-21(15-6-2-1-3-7-15)19-12-16-8-4-5-9-18(16)25-19/h1-9,12,17,21-22H,10-11,13-14H2,(H,23,24). The number of hydrogen-bond donors (Lipinski definition) is 2. The fourth-order valence-electron chi connectivity index (χ4n) is 3.30. The Balaban J connectivity index is 1.57. The first kappa shape index (κ1) is 17.2. The van der Waals surface area contributed by atoms with Crippen molar-refractivity contribution in [2.75, 3.05) is 18.1 Å². The Labute approximate surface area is 157 Å². The summed E-state index contributed by atoms with van der Waals surface area (Å²) in [5.41, 5.74) is 1.86. The smallest absolute Gasteiger partial charge is 0.222 e.